The largest absolute Gasteiger partial charge is 0.488 e. The van der Waals surface area contributed by atoms with Crippen LogP contribution >= 0.6 is 12.2 Å². The molecule has 2 unspecified atom stereocenters. The van der Waals surface area contributed by atoms with Gasteiger partial charge in [0.05, 0.1) is 12.2 Å². The molecule has 7 nitrogen and oxygen atoms in total. The minimum Gasteiger partial charge on any atom is -0.488 e. The fraction of sp³-hybridized carbons (Fsp3) is 0.364. The van der Waals surface area contributed by atoms with Gasteiger partial charge in [-0.3, -0.25) is 4.79 Å². The van der Waals surface area contributed by atoms with Crippen LogP contribution in [0.1, 0.15) is 35.6 Å². The van der Waals surface area contributed by atoms with Gasteiger partial charge in [-0.25, -0.2) is 9.37 Å². The van der Waals surface area contributed by atoms with Gasteiger partial charge in [-0.2, -0.15) is 18.4 Å². The van der Waals surface area contributed by atoms with Gasteiger partial charge in [0.1, 0.15) is 18.2 Å². The van der Waals surface area contributed by atoms with Gasteiger partial charge in [0.15, 0.2) is 22.4 Å². The van der Waals surface area contributed by atoms with E-state index in [1.54, 1.807) is 0 Å². The van der Waals surface area contributed by atoms with Crippen molar-refractivity contribution >= 4 is 28.9 Å². The lowest BCUT2D eigenvalue weighted by atomic mass is 9.62. The zero-order valence-corrected chi connectivity index (χ0v) is 18.6. The van der Waals surface area contributed by atoms with Crippen molar-refractivity contribution in [3.63, 3.8) is 0 Å². The fourth-order valence-electron chi connectivity index (χ4n) is 4.39. The van der Waals surface area contributed by atoms with Crippen LogP contribution in [0.3, 0.4) is 0 Å². The van der Waals surface area contributed by atoms with Crippen LogP contribution in [-0.4, -0.2) is 41.9 Å². The molecule has 2 fully saturated rings. The number of halogens is 4. The van der Waals surface area contributed by atoms with Crippen molar-refractivity contribution < 1.29 is 31.8 Å². The van der Waals surface area contributed by atoms with E-state index in [4.69, 9.17) is 27.0 Å². The topological polar surface area (TPSA) is 87.5 Å². The molecule has 178 valence electrons. The van der Waals surface area contributed by atoms with Gasteiger partial charge in [-0.1, -0.05) is 0 Å². The smallest absolute Gasteiger partial charge is 0.419 e. The Balaban J connectivity index is 1.72. The molecule has 0 radical (unpaired) electrons. The van der Waals surface area contributed by atoms with Crippen molar-refractivity contribution in [1.29, 1.82) is 5.26 Å². The molecule has 1 N–H and O–H groups in total. The van der Waals surface area contributed by atoms with Gasteiger partial charge in [0.2, 0.25) is 0 Å². The van der Waals surface area contributed by atoms with Crippen LogP contribution in [0.15, 0.2) is 30.5 Å². The number of ether oxygens (including phenoxy) is 2. The van der Waals surface area contributed by atoms with Crippen molar-refractivity contribution in [3.8, 4) is 11.8 Å². The number of amides is 1. The molecule has 1 aromatic carbocycles. The number of hydrogen-bond donors (Lipinski definition) is 1. The first kappa shape index (κ1) is 23.8. The summed E-state index contributed by atoms with van der Waals surface area (Å²) in [6.45, 7) is 0.396. The highest BCUT2D eigenvalue weighted by atomic mass is 32.1. The van der Waals surface area contributed by atoms with E-state index in [1.165, 1.54) is 36.4 Å². The number of pyridine rings is 1. The van der Waals surface area contributed by atoms with Crippen LogP contribution in [-0.2, 0) is 15.7 Å². The van der Waals surface area contributed by atoms with Crippen LogP contribution in [0, 0.1) is 17.1 Å². The van der Waals surface area contributed by atoms with E-state index < -0.39 is 40.6 Å². The molecule has 12 heteroatoms. The van der Waals surface area contributed by atoms with Crippen molar-refractivity contribution in [2.24, 2.45) is 0 Å². The Morgan fingerprint density at radius 3 is 2.71 bits per heavy atom. The maximum absolute atomic E-state index is 14.7. The number of nitriles is 1. The predicted molar refractivity (Wildman–Crippen MR) is 116 cm³/mol. The lowest BCUT2D eigenvalue weighted by Gasteiger charge is -2.50. The van der Waals surface area contributed by atoms with Gasteiger partial charge in [0, 0.05) is 31.0 Å². The summed E-state index contributed by atoms with van der Waals surface area (Å²) in [5.74, 6) is -1.92. The SMILES string of the molecule is COCCOc1ccc(N2C(=S)NC(=O)C23CCC3c2cnc(C#N)c(C(F)(F)F)c2)cc1F. The number of anilines is 1. The zero-order valence-electron chi connectivity index (χ0n) is 17.8. The summed E-state index contributed by atoms with van der Waals surface area (Å²) in [5.41, 5.74) is -2.88. The Bertz CT molecular complexity index is 1200. The van der Waals surface area contributed by atoms with E-state index in [1.807, 2.05) is 0 Å². The molecule has 1 aromatic heterocycles. The summed E-state index contributed by atoms with van der Waals surface area (Å²) < 4.78 is 65.3. The molecule has 34 heavy (non-hydrogen) atoms. The number of nitrogens with zero attached hydrogens (tertiary/aromatic N) is 3. The van der Waals surface area contributed by atoms with Gasteiger partial charge in [0.25, 0.3) is 5.91 Å². The van der Waals surface area contributed by atoms with E-state index in [-0.39, 0.29) is 41.7 Å². The first-order valence-corrected chi connectivity index (χ1v) is 10.6. The summed E-state index contributed by atoms with van der Waals surface area (Å²) in [7, 11) is 1.48. The van der Waals surface area contributed by atoms with Gasteiger partial charge in [-0.05, 0) is 48.8 Å². The number of nitrogens with one attached hydrogen (secondary N) is 1. The minimum atomic E-state index is -4.79. The Morgan fingerprint density at radius 2 is 2.12 bits per heavy atom. The number of thiocarbonyl (C=S) groups is 1. The summed E-state index contributed by atoms with van der Waals surface area (Å²) in [4.78, 5) is 18.1. The van der Waals surface area contributed by atoms with E-state index in [2.05, 4.69) is 10.3 Å². The average molecular weight is 494 g/mol. The number of carbonyl (C=O) groups excluding carboxylic acids is 1. The summed E-state index contributed by atoms with van der Waals surface area (Å²) in [6, 6.07) is 6.35. The number of hydrogen-bond acceptors (Lipinski definition) is 6. The quantitative estimate of drug-likeness (QED) is 0.373. The van der Waals surface area contributed by atoms with Crippen molar-refractivity contribution in [2.45, 2.75) is 30.5 Å². The van der Waals surface area contributed by atoms with E-state index >= 15 is 0 Å². The van der Waals surface area contributed by atoms with E-state index in [0.29, 0.717) is 6.42 Å². The number of benzene rings is 1. The fourth-order valence-corrected chi connectivity index (χ4v) is 4.75. The first-order valence-electron chi connectivity index (χ1n) is 10.2. The Labute approximate surface area is 197 Å². The zero-order chi connectivity index (χ0) is 24.7. The van der Waals surface area contributed by atoms with E-state index in [9.17, 15) is 22.4 Å². The molecule has 0 bridgehead atoms. The van der Waals surface area contributed by atoms with Crippen LogP contribution in [0.4, 0.5) is 23.2 Å². The van der Waals surface area contributed by atoms with E-state index in [0.717, 1.165) is 12.1 Å². The molecular weight excluding hydrogens is 476 g/mol. The van der Waals surface area contributed by atoms with Crippen LogP contribution in [0.5, 0.6) is 5.75 Å². The summed E-state index contributed by atoms with van der Waals surface area (Å²) in [6.07, 6.45) is -2.98. The molecule has 4 rings (SSSR count). The van der Waals surface area contributed by atoms with Gasteiger partial charge in [-0.15, -0.1) is 0 Å². The third-order valence-corrected chi connectivity index (χ3v) is 6.33. The molecule has 1 amide bonds. The molecule has 1 saturated carbocycles. The lowest BCUT2D eigenvalue weighted by Crippen LogP contribution is -2.60. The lowest BCUT2D eigenvalue weighted by molar-refractivity contribution is -0.138. The molecule has 1 aliphatic heterocycles. The number of alkyl halides is 3. The van der Waals surface area contributed by atoms with Crippen LogP contribution < -0.4 is 15.0 Å². The Hall–Kier alpha value is -3.30. The van der Waals surface area contributed by atoms with Crippen molar-refractivity contribution in [3.05, 3.63) is 53.1 Å². The van der Waals surface area contributed by atoms with Crippen LogP contribution in [0.25, 0.3) is 0 Å². The molecule has 2 atom stereocenters. The maximum atomic E-state index is 14.7. The third-order valence-electron chi connectivity index (χ3n) is 6.05. The number of carbonyl (C=O) groups is 1. The second-order valence-electron chi connectivity index (χ2n) is 7.84. The first-order chi connectivity index (χ1) is 16.1. The standard InChI is InChI=1S/C22H18F4N4O3S/c1-32-6-7-33-18-3-2-13(9-16(18)23)30-20(34)29-19(31)21(30)5-4-14(21)12-8-15(22(24,25)26)17(10-27)28-11-12/h2-3,8-9,11,14H,4-7H2,1H3,(H,29,31,34). The van der Waals surface area contributed by atoms with Crippen LogP contribution in [0.2, 0.25) is 0 Å². The molecule has 2 aliphatic rings. The van der Waals surface area contributed by atoms with Gasteiger partial charge >= 0.3 is 6.18 Å². The van der Waals surface area contributed by atoms with Gasteiger partial charge < -0.3 is 19.7 Å². The molecule has 2 heterocycles. The van der Waals surface area contributed by atoms with Crippen molar-refractivity contribution in [1.82, 2.24) is 10.3 Å². The summed E-state index contributed by atoms with van der Waals surface area (Å²) >= 11 is 5.32. The number of rotatable bonds is 6. The molecule has 1 spiro atoms. The predicted octanol–water partition coefficient (Wildman–Crippen LogP) is 3.67. The molecular formula is C22H18F4N4O3S. The maximum Gasteiger partial charge on any atom is 0.419 e. The normalized spacial score (nSPS) is 21.9. The Kier molecular flexibility index (Phi) is 6.18. The molecule has 1 aliphatic carbocycles. The molecule has 1 saturated heterocycles. The highest BCUT2D eigenvalue weighted by Gasteiger charge is 2.62. The average Bonchev–Trinajstić information content (AvgIpc) is 3.05. The second kappa shape index (κ2) is 8.81. The summed E-state index contributed by atoms with van der Waals surface area (Å²) in [5, 5.41) is 11.6. The highest BCUT2D eigenvalue weighted by molar-refractivity contribution is 7.80. The monoisotopic (exact) mass is 494 g/mol. The second-order valence-corrected chi connectivity index (χ2v) is 8.23. The molecule has 2 aromatic rings. The third kappa shape index (κ3) is 3.84. The Morgan fingerprint density at radius 1 is 1.35 bits per heavy atom. The number of aromatic nitrogens is 1. The van der Waals surface area contributed by atoms with Crippen molar-refractivity contribution in [2.75, 3.05) is 25.2 Å². The minimum absolute atomic E-state index is 0.0137. The highest BCUT2D eigenvalue weighted by Crippen LogP contribution is 2.54. The number of methoxy groups -OCH3 is 1.